The maximum atomic E-state index is 10.7. The molecule has 0 aliphatic carbocycles. The third kappa shape index (κ3) is 1.47. The van der Waals surface area contributed by atoms with E-state index in [1.165, 1.54) is 0 Å². The third-order valence-corrected chi connectivity index (χ3v) is 5.17. The zero-order chi connectivity index (χ0) is 9.42. The summed E-state index contributed by atoms with van der Waals surface area (Å²) in [5.41, 5.74) is 0.678. The van der Waals surface area contributed by atoms with Gasteiger partial charge in [-0.15, -0.1) is 11.3 Å². The summed E-state index contributed by atoms with van der Waals surface area (Å²) in [5.74, 6) is 0. The molecule has 1 nitrogen and oxygen atoms in total. The van der Waals surface area contributed by atoms with Gasteiger partial charge >= 0.3 is 0 Å². The number of thiophene rings is 1. The Kier molecular flexibility index (Phi) is 2.53. The van der Waals surface area contributed by atoms with Gasteiger partial charge < -0.3 is 0 Å². The lowest BCUT2D eigenvalue weighted by Crippen LogP contribution is -1.83. The monoisotopic (exact) mass is 318 g/mol. The molecule has 1 aromatic carbocycles. The molecule has 0 bridgehead atoms. The maximum Gasteiger partial charge on any atom is 0.151 e. The van der Waals surface area contributed by atoms with E-state index in [-0.39, 0.29) is 0 Å². The number of rotatable bonds is 1. The van der Waals surface area contributed by atoms with Crippen LogP contribution in [0.2, 0.25) is 0 Å². The van der Waals surface area contributed by atoms with Crippen molar-refractivity contribution in [3.63, 3.8) is 0 Å². The van der Waals surface area contributed by atoms with Crippen molar-refractivity contribution < 1.29 is 4.79 Å². The molecule has 66 valence electrons. The lowest BCUT2D eigenvalue weighted by atomic mass is 10.2. The number of fused-ring (bicyclic) bond motifs is 1. The van der Waals surface area contributed by atoms with Gasteiger partial charge in [0.25, 0.3) is 0 Å². The van der Waals surface area contributed by atoms with Crippen LogP contribution in [0.4, 0.5) is 0 Å². The van der Waals surface area contributed by atoms with Crippen molar-refractivity contribution in [3.05, 3.63) is 32.0 Å². The second kappa shape index (κ2) is 3.52. The van der Waals surface area contributed by atoms with Crippen LogP contribution in [0.25, 0.3) is 10.1 Å². The van der Waals surface area contributed by atoms with Crippen LogP contribution in [0.1, 0.15) is 10.4 Å². The van der Waals surface area contributed by atoms with Crippen molar-refractivity contribution in [1.29, 1.82) is 0 Å². The lowest BCUT2D eigenvalue weighted by molar-refractivity contribution is 0.112. The zero-order valence-corrected chi connectivity index (χ0v) is 10.4. The van der Waals surface area contributed by atoms with Crippen LogP contribution >= 0.6 is 43.2 Å². The number of carbonyl (C=O) groups is 1. The van der Waals surface area contributed by atoms with E-state index in [0.29, 0.717) is 5.56 Å². The van der Waals surface area contributed by atoms with Crippen LogP contribution in [-0.2, 0) is 0 Å². The van der Waals surface area contributed by atoms with E-state index in [2.05, 4.69) is 31.9 Å². The van der Waals surface area contributed by atoms with Gasteiger partial charge in [-0.3, -0.25) is 4.79 Å². The van der Waals surface area contributed by atoms with Gasteiger partial charge in [-0.25, -0.2) is 0 Å². The summed E-state index contributed by atoms with van der Waals surface area (Å²) in [4.78, 5) is 10.7. The van der Waals surface area contributed by atoms with Gasteiger partial charge in [0.1, 0.15) is 0 Å². The second-order valence-corrected chi connectivity index (χ2v) is 5.05. The standard InChI is InChI=1S/C9H4Br2OS/c10-7-6(4-12)3-5-1-2-13-9(5)8(7)11/h1-4H. The minimum Gasteiger partial charge on any atom is -0.298 e. The molecule has 2 rings (SSSR count). The van der Waals surface area contributed by atoms with E-state index < -0.39 is 0 Å². The first-order chi connectivity index (χ1) is 6.24. The summed E-state index contributed by atoms with van der Waals surface area (Å²) in [6, 6.07) is 3.89. The zero-order valence-electron chi connectivity index (χ0n) is 6.38. The number of hydrogen-bond acceptors (Lipinski definition) is 2. The highest BCUT2D eigenvalue weighted by Gasteiger charge is 2.09. The molecule has 0 fully saturated rings. The molecule has 1 aromatic heterocycles. The van der Waals surface area contributed by atoms with Crippen LogP contribution in [0.15, 0.2) is 26.5 Å². The first kappa shape index (κ1) is 9.37. The fourth-order valence-corrected chi connectivity index (χ4v) is 3.25. The minimum atomic E-state index is 0.678. The quantitative estimate of drug-likeness (QED) is 0.719. The predicted octanol–water partition coefficient (Wildman–Crippen LogP) is 4.24. The molecular weight excluding hydrogens is 316 g/mol. The van der Waals surface area contributed by atoms with Gasteiger partial charge in [-0.1, -0.05) is 0 Å². The van der Waals surface area contributed by atoms with Gasteiger partial charge in [-0.05, 0) is 54.8 Å². The molecular formula is C9H4Br2OS. The lowest BCUT2D eigenvalue weighted by Gasteiger charge is -2.00. The average molecular weight is 320 g/mol. The molecule has 0 N–H and O–H groups in total. The molecule has 0 amide bonds. The molecule has 4 heteroatoms. The Labute approximate surface area is 96.0 Å². The highest BCUT2D eigenvalue weighted by atomic mass is 79.9. The molecule has 0 atom stereocenters. The third-order valence-electron chi connectivity index (χ3n) is 1.78. The Morgan fingerprint density at radius 1 is 1.31 bits per heavy atom. The Morgan fingerprint density at radius 2 is 2.08 bits per heavy atom. The SMILES string of the molecule is O=Cc1cc2ccsc2c(Br)c1Br. The molecule has 0 unspecified atom stereocenters. The van der Waals surface area contributed by atoms with Crippen LogP contribution < -0.4 is 0 Å². The molecule has 1 heterocycles. The molecule has 0 saturated heterocycles. The largest absolute Gasteiger partial charge is 0.298 e. The van der Waals surface area contributed by atoms with E-state index >= 15 is 0 Å². The van der Waals surface area contributed by atoms with E-state index in [1.54, 1.807) is 11.3 Å². The van der Waals surface area contributed by atoms with Gasteiger partial charge in [0.2, 0.25) is 0 Å². The topological polar surface area (TPSA) is 17.1 Å². The summed E-state index contributed by atoms with van der Waals surface area (Å²) in [7, 11) is 0. The first-order valence-electron chi connectivity index (χ1n) is 3.54. The van der Waals surface area contributed by atoms with E-state index in [4.69, 9.17) is 0 Å². The molecule has 13 heavy (non-hydrogen) atoms. The van der Waals surface area contributed by atoms with Crippen molar-refractivity contribution in [2.24, 2.45) is 0 Å². The Bertz CT molecular complexity index is 476. The van der Waals surface area contributed by atoms with Gasteiger partial charge in [0, 0.05) is 14.7 Å². The van der Waals surface area contributed by atoms with E-state index in [1.807, 2.05) is 17.5 Å². The summed E-state index contributed by atoms with van der Waals surface area (Å²) in [6.45, 7) is 0. The summed E-state index contributed by atoms with van der Waals surface area (Å²) in [6.07, 6.45) is 0.853. The fraction of sp³-hybridized carbons (Fsp3) is 0. The normalized spacial score (nSPS) is 10.6. The van der Waals surface area contributed by atoms with Crippen molar-refractivity contribution in [1.82, 2.24) is 0 Å². The number of carbonyl (C=O) groups excluding carboxylic acids is 1. The van der Waals surface area contributed by atoms with Crippen LogP contribution in [-0.4, -0.2) is 6.29 Å². The average Bonchev–Trinajstić information content (AvgIpc) is 2.59. The van der Waals surface area contributed by atoms with Gasteiger partial charge in [0.15, 0.2) is 6.29 Å². The highest BCUT2D eigenvalue weighted by molar-refractivity contribution is 9.13. The number of halogens is 2. The van der Waals surface area contributed by atoms with E-state index in [0.717, 1.165) is 25.3 Å². The molecule has 0 aliphatic heterocycles. The Hall–Kier alpha value is -0.190. The number of benzene rings is 1. The van der Waals surface area contributed by atoms with E-state index in [9.17, 15) is 4.79 Å². The highest BCUT2D eigenvalue weighted by Crippen LogP contribution is 2.36. The van der Waals surface area contributed by atoms with Crippen LogP contribution in [0, 0.1) is 0 Å². The van der Waals surface area contributed by atoms with Crippen LogP contribution in [0.3, 0.4) is 0 Å². The molecule has 0 aliphatic rings. The number of hydrogen-bond donors (Lipinski definition) is 0. The smallest absolute Gasteiger partial charge is 0.151 e. The molecule has 0 saturated carbocycles. The fourth-order valence-electron chi connectivity index (χ4n) is 1.15. The summed E-state index contributed by atoms with van der Waals surface area (Å²) < 4.78 is 2.96. The Balaban J connectivity index is 2.91. The minimum absolute atomic E-state index is 0.678. The van der Waals surface area contributed by atoms with Gasteiger partial charge in [-0.2, -0.15) is 0 Å². The second-order valence-electron chi connectivity index (χ2n) is 2.55. The number of aldehydes is 1. The van der Waals surface area contributed by atoms with Crippen molar-refractivity contribution in [3.8, 4) is 0 Å². The van der Waals surface area contributed by atoms with Crippen molar-refractivity contribution in [2.45, 2.75) is 0 Å². The Morgan fingerprint density at radius 3 is 2.77 bits per heavy atom. The summed E-state index contributed by atoms with van der Waals surface area (Å²) in [5, 5.41) is 3.11. The molecule has 2 aromatic rings. The maximum absolute atomic E-state index is 10.7. The van der Waals surface area contributed by atoms with Gasteiger partial charge in [0.05, 0.1) is 4.47 Å². The first-order valence-corrected chi connectivity index (χ1v) is 6.01. The summed E-state index contributed by atoms with van der Waals surface area (Å²) >= 11 is 8.49. The molecule has 0 spiro atoms. The van der Waals surface area contributed by atoms with Crippen molar-refractivity contribution >= 4 is 59.6 Å². The van der Waals surface area contributed by atoms with Crippen LogP contribution in [0.5, 0.6) is 0 Å². The van der Waals surface area contributed by atoms with Crippen molar-refractivity contribution in [2.75, 3.05) is 0 Å². The molecule has 0 radical (unpaired) electrons. The predicted molar refractivity (Wildman–Crippen MR) is 62.6 cm³/mol.